The zero-order valence-electron chi connectivity index (χ0n) is 14.7. The molecule has 2 rings (SSSR count). The first-order valence-electron chi connectivity index (χ1n) is 8.10. The molecular formula is C18H19N5O4. The van der Waals surface area contributed by atoms with Crippen molar-refractivity contribution in [1.29, 1.82) is 5.26 Å². The maximum Gasteiger partial charge on any atom is 0.274 e. The van der Waals surface area contributed by atoms with Crippen molar-refractivity contribution in [2.45, 2.75) is 13.3 Å². The molecule has 0 aliphatic rings. The number of carbonyl (C=O) groups is 2. The van der Waals surface area contributed by atoms with Gasteiger partial charge in [-0.2, -0.15) is 5.26 Å². The summed E-state index contributed by atoms with van der Waals surface area (Å²) in [6.07, 6.45) is 0.0885. The van der Waals surface area contributed by atoms with Crippen molar-refractivity contribution < 1.29 is 19.1 Å². The molecule has 1 heterocycles. The summed E-state index contributed by atoms with van der Waals surface area (Å²) in [6.45, 7) is 2.14. The quantitative estimate of drug-likeness (QED) is 0.636. The van der Waals surface area contributed by atoms with Gasteiger partial charge in [0.15, 0.2) is 0 Å². The Kier molecular flexibility index (Phi) is 6.55. The van der Waals surface area contributed by atoms with Crippen LogP contribution in [-0.4, -0.2) is 30.0 Å². The summed E-state index contributed by atoms with van der Waals surface area (Å²) in [5, 5.41) is 11.8. The van der Waals surface area contributed by atoms with Crippen molar-refractivity contribution in [3.63, 3.8) is 0 Å². The third-order valence-electron chi connectivity index (χ3n) is 3.35. The van der Waals surface area contributed by atoms with Crippen molar-refractivity contribution in [3.8, 4) is 17.7 Å². The van der Waals surface area contributed by atoms with Crippen LogP contribution in [0, 0.1) is 11.3 Å². The molecule has 0 unspecified atom stereocenters. The first-order chi connectivity index (χ1) is 12.9. The highest BCUT2D eigenvalue weighted by molar-refractivity contribution is 6.03. The first kappa shape index (κ1) is 19.5. The minimum Gasteiger partial charge on any atom is -0.493 e. The van der Waals surface area contributed by atoms with Crippen molar-refractivity contribution >= 4 is 23.2 Å². The minimum absolute atomic E-state index is 0.00804. The smallest absolute Gasteiger partial charge is 0.274 e. The lowest BCUT2D eigenvalue weighted by Crippen LogP contribution is -2.16. The fraction of sp³-hybridized carbons (Fsp3) is 0.222. The number of ether oxygens (including phenoxy) is 2. The van der Waals surface area contributed by atoms with E-state index < -0.39 is 11.8 Å². The van der Waals surface area contributed by atoms with Gasteiger partial charge >= 0.3 is 0 Å². The number of primary amides is 1. The largest absolute Gasteiger partial charge is 0.493 e. The summed E-state index contributed by atoms with van der Waals surface area (Å²) < 4.78 is 10.7. The summed E-state index contributed by atoms with van der Waals surface area (Å²) >= 11 is 0. The molecule has 0 aliphatic heterocycles. The second kappa shape index (κ2) is 9.05. The van der Waals surface area contributed by atoms with Crippen molar-refractivity contribution in [1.82, 2.24) is 4.98 Å². The van der Waals surface area contributed by atoms with E-state index >= 15 is 0 Å². The average Bonchev–Trinajstić information content (AvgIpc) is 2.61. The number of rotatable bonds is 8. The molecule has 0 radical (unpaired) electrons. The van der Waals surface area contributed by atoms with Gasteiger partial charge in [-0.25, -0.2) is 4.98 Å². The molecule has 9 nitrogen and oxygen atoms in total. The van der Waals surface area contributed by atoms with Crippen molar-refractivity contribution in [2.24, 2.45) is 5.73 Å². The third-order valence-corrected chi connectivity index (χ3v) is 3.35. The number of nitrogens with one attached hydrogen (secondary N) is 1. The minimum atomic E-state index is -0.526. The lowest BCUT2D eigenvalue weighted by Gasteiger charge is -2.11. The number of carbonyl (C=O) groups excluding carboxylic acids is 2. The van der Waals surface area contributed by atoms with E-state index in [1.165, 1.54) is 6.07 Å². The molecule has 0 saturated carbocycles. The molecule has 27 heavy (non-hydrogen) atoms. The van der Waals surface area contributed by atoms with E-state index in [0.29, 0.717) is 11.4 Å². The fourth-order valence-corrected chi connectivity index (χ4v) is 2.14. The maximum atomic E-state index is 12.5. The number of amides is 2. The van der Waals surface area contributed by atoms with Gasteiger partial charge in [-0.3, -0.25) is 9.59 Å². The van der Waals surface area contributed by atoms with Gasteiger partial charge in [0.1, 0.15) is 23.1 Å². The van der Waals surface area contributed by atoms with Crippen molar-refractivity contribution in [3.05, 3.63) is 41.6 Å². The molecule has 1 aromatic carbocycles. The number of benzene rings is 1. The van der Waals surface area contributed by atoms with E-state index in [9.17, 15) is 9.59 Å². The summed E-state index contributed by atoms with van der Waals surface area (Å²) in [6, 6.07) is 9.83. The Bertz CT molecular complexity index is 892. The molecule has 2 amide bonds. The van der Waals surface area contributed by atoms with Crippen LogP contribution in [-0.2, 0) is 4.79 Å². The van der Waals surface area contributed by atoms with Crippen LogP contribution < -0.4 is 26.3 Å². The Labute approximate surface area is 155 Å². The Morgan fingerprint density at radius 1 is 1.30 bits per heavy atom. The van der Waals surface area contributed by atoms with Gasteiger partial charge in [-0.15, -0.1) is 0 Å². The number of nitrogens with two attached hydrogens (primary N) is 2. The van der Waals surface area contributed by atoms with Gasteiger partial charge in [0, 0.05) is 11.8 Å². The lowest BCUT2D eigenvalue weighted by molar-refractivity contribution is -0.118. The molecule has 5 N–H and O–H groups in total. The molecule has 140 valence electrons. The number of pyridine rings is 1. The Balaban J connectivity index is 2.15. The Hall–Kier alpha value is -3.80. The van der Waals surface area contributed by atoms with Crippen LogP contribution in [0.15, 0.2) is 30.3 Å². The zero-order valence-corrected chi connectivity index (χ0v) is 14.7. The summed E-state index contributed by atoms with van der Waals surface area (Å²) in [5.74, 6) is -0.513. The number of anilines is 2. The number of hydrogen-bond donors (Lipinski definition) is 3. The van der Waals surface area contributed by atoms with Gasteiger partial charge in [-0.05, 0) is 25.1 Å². The predicted molar refractivity (Wildman–Crippen MR) is 98.2 cm³/mol. The van der Waals surface area contributed by atoms with E-state index in [2.05, 4.69) is 10.3 Å². The molecule has 2 aromatic rings. The highest BCUT2D eigenvalue weighted by atomic mass is 16.5. The topological polar surface area (TPSA) is 153 Å². The highest BCUT2D eigenvalue weighted by Crippen LogP contribution is 2.24. The summed E-state index contributed by atoms with van der Waals surface area (Å²) in [4.78, 5) is 27.3. The molecule has 9 heteroatoms. The number of nitrogens with zero attached hydrogens (tertiary/aromatic N) is 2. The normalized spacial score (nSPS) is 9.93. The number of nitriles is 1. The van der Waals surface area contributed by atoms with Gasteiger partial charge < -0.3 is 26.3 Å². The van der Waals surface area contributed by atoms with Gasteiger partial charge in [0.05, 0.1) is 25.3 Å². The van der Waals surface area contributed by atoms with E-state index in [1.54, 1.807) is 31.2 Å². The van der Waals surface area contributed by atoms with E-state index in [1.807, 2.05) is 6.07 Å². The van der Waals surface area contributed by atoms with E-state index in [0.717, 1.165) is 0 Å². The van der Waals surface area contributed by atoms with Crippen LogP contribution in [0.3, 0.4) is 0 Å². The van der Waals surface area contributed by atoms with Crippen molar-refractivity contribution in [2.75, 3.05) is 24.3 Å². The van der Waals surface area contributed by atoms with Gasteiger partial charge in [0.2, 0.25) is 11.8 Å². The Morgan fingerprint density at radius 3 is 2.74 bits per heavy atom. The first-order valence-corrected chi connectivity index (χ1v) is 8.10. The lowest BCUT2D eigenvalue weighted by atomic mass is 10.2. The van der Waals surface area contributed by atoms with Gasteiger partial charge in [-0.1, -0.05) is 6.07 Å². The second-order valence-corrected chi connectivity index (χ2v) is 5.37. The highest BCUT2D eigenvalue weighted by Gasteiger charge is 2.16. The summed E-state index contributed by atoms with van der Waals surface area (Å²) in [5.41, 5.74) is 11.5. The van der Waals surface area contributed by atoms with E-state index in [4.69, 9.17) is 26.2 Å². The fourth-order valence-electron chi connectivity index (χ4n) is 2.14. The SMILES string of the molecule is CCOc1nc(C(=O)Nc2cccc(OCCC(N)=O)c2)cc(N)c1C#N. The average molecular weight is 369 g/mol. The van der Waals surface area contributed by atoms with Crippen LogP contribution in [0.5, 0.6) is 11.6 Å². The molecule has 0 saturated heterocycles. The summed E-state index contributed by atoms with van der Waals surface area (Å²) in [7, 11) is 0. The van der Waals surface area contributed by atoms with Crippen LogP contribution in [0.25, 0.3) is 0 Å². The molecule has 0 spiro atoms. The molecule has 1 aromatic heterocycles. The van der Waals surface area contributed by atoms with Crippen LogP contribution in [0.1, 0.15) is 29.4 Å². The van der Waals surface area contributed by atoms with Crippen LogP contribution in [0.4, 0.5) is 11.4 Å². The molecule has 0 aliphatic carbocycles. The molecule has 0 fully saturated rings. The van der Waals surface area contributed by atoms with Crippen LogP contribution >= 0.6 is 0 Å². The second-order valence-electron chi connectivity index (χ2n) is 5.37. The molecular weight excluding hydrogens is 350 g/mol. The van der Waals surface area contributed by atoms with Gasteiger partial charge in [0.25, 0.3) is 5.91 Å². The van der Waals surface area contributed by atoms with Crippen LogP contribution in [0.2, 0.25) is 0 Å². The monoisotopic (exact) mass is 369 g/mol. The van der Waals surface area contributed by atoms with E-state index in [-0.39, 0.29) is 42.5 Å². The standard InChI is InChI=1S/C18H19N5O4/c1-2-26-18-13(10-19)14(20)9-15(23-18)17(25)22-11-4-3-5-12(8-11)27-7-6-16(21)24/h3-5,8-9H,2,6-7H2,1H3,(H2,20,23)(H2,21,24)(H,22,25). The third kappa shape index (κ3) is 5.34. The molecule has 0 bridgehead atoms. The number of nitrogen functional groups attached to an aromatic ring is 1. The number of aromatic nitrogens is 1. The molecule has 0 atom stereocenters. The maximum absolute atomic E-state index is 12.5. The number of hydrogen-bond acceptors (Lipinski definition) is 7. The zero-order chi connectivity index (χ0) is 19.8. The predicted octanol–water partition coefficient (Wildman–Crippen LogP) is 1.44. The Morgan fingerprint density at radius 2 is 2.07 bits per heavy atom.